The Balaban J connectivity index is 2.83. The molecule has 0 aliphatic rings. The highest BCUT2D eigenvalue weighted by molar-refractivity contribution is 6.29. The summed E-state index contributed by atoms with van der Waals surface area (Å²) in [5, 5.41) is 10.6. The molecule has 0 saturated carbocycles. The van der Waals surface area contributed by atoms with Gasteiger partial charge in [-0.15, -0.1) is 0 Å². The lowest BCUT2D eigenvalue weighted by Crippen LogP contribution is -2.39. The van der Waals surface area contributed by atoms with Crippen molar-refractivity contribution in [3.8, 4) is 0 Å². The lowest BCUT2D eigenvalue weighted by molar-refractivity contribution is -0.0462. The molecule has 1 rings (SSSR count). The second kappa shape index (κ2) is 6.25. The van der Waals surface area contributed by atoms with E-state index in [1.165, 1.54) is 12.1 Å². The summed E-state index contributed by atoms with van der Waals surface area (Å²) >= 11 is 5.78. The van der Waals surface area contributed by atoms with Gasteiger partial charge in [0.1, 0.15) is 11.8 Å². The molecule has 0 bridgehead atoms. The van der Waals surface area contributed by atoms with Gasteiger partial charge < -0.3 is 10.4 Å². The number of halogens is 3. The number of aliphatic hydroxyl groups is 1. The number of hydrogen-bond acceptors (Lipinski definition) is 3. The normalized spacial score (nSPS) is 11.7. The summed E-state index contributed by atoms with van der Waals surface area (Å²) in [6.45, 7) is 1.50. The van der Waals surface area contributed by atoms with Crippen LogP contribution in [0.25, 0.3) is 0 Å². The number of carbonyl (C=O) groups excluding carboxylic acids is 1. The summed E-state index contributed by atoms with van der Waals surface area (Å²) in [6.07, 6.45) is 0. The summed E-state index contributed by atoms with van der Waals surface area (Å²) in [7, 11) is 0. The molecule has 0 unspecified atom stereocenters. The van der Waals surface area contributed by atoms with Crippen molar-refractivity contribution < 1.29 is 18.7 Å². The van der Waals surface area contributed by atoms with E-state index in [0.29, 0.717) is 5.69 Å². The molecule has 1 aromatic rings. The van der Waals surface area contributed by atoms with E-state index in [4.69, 9.17) is 16.7 Å². The summed E-state index contributed by atoms with van der Waals surface area (Å²) < 4.78 is 25.6. The summed E-state index contributed by atoms with van der Waals surface area (Å²) in [5.74, 6) is -3.96. The molecule has 1 aromatic heterocycles. The molecule has 4 nitrogen and oxygen atoms in total. The second-order valence-corrected chi connectivity index (χ2v) is 4.84. The summed E-state index contributed by atoms with van der Waals surface area (Å²) in [6, 6.07) is 2.81. The molecular formula is C12H15ClF2N2O2. The minimum absolute atomic E-state index is 0.0594. The van der Waals surface area contributed by atoms with Crippen LogP contribution in [-0.4, -0.2) is 35.1 Å². The van der Waals surface area contributed by atoms with Gasteiger partial charge in [-0.3, -0.25) is 4.79 Å². The molecule has 1 heterocycles. The maximum absolute atomic E-state index is 12.8. The number of alkyl halides is 2. The fourth-order valence-corrected chi connectivity index (χ4v) is 1.53. The number of nitrogens with zero attached hydrogens (tertiary/aromatic N) is 1. The van der Waals surface area contributed by atoms with Crippen LogP contribution in [0.5, 0.6) is 0 Å². The second-order valence-electron chi connectivity index (χ2n) is 4.45. The molecular weight excluding hydrogens is 278 g/mol. The van der Waals surface area contributed by atoms with Crippen LogP contribution in [0.15, 0.2) is 12.1 Å². The Hall–Kier alpha value is -1.27. The van der Waals surface area contributed by atoms with Crippen LogP contribution in [0.3, 0.4) is 0 Å². The van der Waals surface area contributed by atoms with Gasteiger partial charge in [0.05, 0.1) is 6.54 Å². The highest BCUT2D eigenvalue weighted by atomic mass is 35.5. The Kier molecular flexibility index (Phi) is 5.20. The smallest absolute Gasteiger partial charge is 0.287 e. The van der Waals surface area contributed by atoms with Crippen LogP contribution in [0.1, 0.15) is 35.8 Å². The van der Waals surface area contributed by atoms with Crippen LogP contribution in [0, 0.1) is 0 Å². The Morgan fingerprint density at radius 1 is 1.53 bits per heavy atom. The van der Waals surface area contributed by atoms with Crippen LogP contribution in [-0.2, 0) is 0 Å². The van der Waals surface area contributed by atoms with Crippen LogP contribution in [0.2, 0.25) is 5.15 Å². The number of pyridine rings is 1. The molecule has 0 spiro atoms. The van der Waals surface area contributed by atoms with Crippen LogP contribution < -0.4 is 5.32 Å². The topological polar surface area (TPSA) is 62.2 Å². The standard InChI is InChI=1S/C12H15ClF2N2O2/c1-7(2)9-3-8(4-10(13)17-9)11(19)16-5-12(14,15)6-18/h3-4,7,18H,5-6H2,1-2H3,(H,16,19). The molecule has 0 saturated heterocycles. The van der Waals surface area contributed by atoms with Gasteiger partial charge in [0, 0.05) is 11.3 Å². The SMILES string of the molecule is CC(C)c1cc(C(=O)NCC(F)(F)CO)cc(Cl)n1. The van der Waals surface area contributed by atoms with Gasteiger partial charge >= 0.3 is 0 Å². The van der Waals surface area contributed by atoms with Crippen molar-refractivity contribution in [2.75, 3.05) is 13.2 Å². The first-order valence-electron chi connectivity index (χ1n) is 5.69. The molecule has 0 radical (unpaired) electrons. The van der Waals surface area contributed by atoms with Gasteiger partial charge in [-0.05, 0) is 18.1 Å². The third kappa shape index (κ3) is 4.72. The third-order valence-corrected chi connectivity index (χ3v) is 2.60. The highest BCUT2D eigenvalue weighted by Gasteiger charge is 2.28. The average molecular weight is 293 g/mol. The third-order valence-electron chi connectivity index (χ3n) is 2.41. The minimum Gasteiger partial charge on any atom is -0.390 e. The van der Waals surface area contributed by atoms with Gasteiger partial charge in [-0.25, -0.2) is 13.8 Å². The number of amides is 1. The predicted octanol–water partition coefficient (Wildman–Crippen LogP) is 2.22. The zero-order chi connectivity index (χ0) is 14.6. The lowest BCUT2D eigenvalue weighted by atomic mass is 10.1. The van der Waals surface area contributed by atoms with Gasteiger partial charge in [0.15, 0.2) is 0 Å². The van der Waals surface area contributed by atoms with E-state index in [-0.39, 0.29) is 16.6 Å². The zero-order valence-electron chi connectivity index (χ0n) is 10.6. The number of nitrogens with one attached hydrogen (secondary N) is 1. The van der Waals surface area contributed by atoms with Gasteiger partial charge in [-0.1, -0.05) is 25.4 Å². The Morgan fingerprint density at radius 2 is 2.16 bits per heavy atom. The van der Waals surface area contributed by atoms with Crippen molar-refractivity contribution in [2.45, 2.75) is 25.7 Å². The fraction of sp³-hybridized carbons (Fsp3) is 0.500. The van der Waals surface area contributed by atoms with Gasteiger partial charge in [0.25, 0.3) is 11.8 Å². The summed E-state index contributed by atoms with van der Waals surface area (Å²) in [5.41, 5.74) is 0.768. The molecule has 0 atom stereocenters. The number of aliphatic hydroxyl groups excluding tert-OH is 1. The van der Waals surface area contributed by atoms with E-state index in [2.05, 4.69) is 4.98 Å². The molecule has 0 aliphatic carbocycles. The number of hydrogen-bond donors (Lipinski definition) is 2. The fourth-order valence-electron chi connectivity index (χ4n) is 1.31. The van der Waals surface area contributed by atoms with E-state index >= 15 is 0 Å². The van der Waals surface area contributed by atoms with Crippen molar-refractivity contribution in [3.05, 3.63) is 28.5 Å². The van der Waals surface area contributed by atoms with E-state index in [1.807, 2.05) is 19.2 Å². The highest BCUT2D eigenvalue weighted by Crippen LogP contribution is 2.18. The Bertz CT molecular complexity index is 467. The van der Waals surface area contributed by atoms with E-state index in [1.54, 1.807) is 0 Å². The molecule has 7 heteroatoms. The first kappa shape index (κ1) is 15.8. The first-order valence-corrected chi connectivity index (χ1v) is 6.07. The number of aromatic nitrogens is 1. The lowest BCUT2D eigenvalue weighted by Gasteiger charge is -2.14. The van der Waals surface area contributed by atoms with Crippen molar-refractivity contribution in [3.63, 3.8) is 0 Å². The Labute approximate surface area is 114 Å². The monoisotopic (exact) mass is 292 g/mol. The zero-order valence-corrected chi connectivity index (χ0v) is 11.3. The molecule has 19 heavy (non-hydrogen) atoms. The van der Waals surface area contributed by atoms with E-state index in [0.717, 1.165) is 0 Å². The molecule has 0 aliphatic heterocycles. The van der Waals surface area contributed by atoms with Crippen LogP contribution in [0.4, 0.5) is 8.78 Å². The maximum Gasteiger partial charge on any atom is 0.287 e. The quantitative estimate of drug-likeness (QED) is 0.818. The maximum atomic E-state index is 12.8. The molecule has 106 valence electrons. The van der Waals surface area contributed by atoms with Gasteiger partial charge in [0.2, 0.25) is 0 Å². The van der Waals surface area contributed by atoms with Crippen molar-refractivity contribution in [2.24, 2.45) is 0 Å². The first-order chi connectivity index (χ1) is 8.75. The molecule has 1 amide bonds. The summed E-state index contributed by atoms with van der Waals surface area (Å²) in [4.78, 5) is 15.8. The minimum atomic E-state index is -3.34. The average Bonchev–Trinajstić information content (AvgIpc) is 2.35. The van der Waals surface area contributed by atoms with E-state index in [9.17, 15) is 13.6 Å². The molecule has 2 N–H and O–H groups in total. The molecule has 0 fully saturated rings. The Morgan fingerprint density at radius 3 is 2.68 bits per heavy atom. The number of carbonyl (C=O) groups is 1. The van der Waals surface area contributed by atoms with Gasteiger partial charge in [-0.2, -0.15) is 0 Å². The van der Waals surface area contributed by atoms with Crippen molar-refractivity contribution >= 4 is 17.5 Å². The predicted molar refractivity (Wildman–Crippen MR) is 67.7 cm³/mol. The van der Waals surface area contributed by atoms with Crippen molar-refractivity contribution in [1.29, 1.82) is 0 Å². The van der Waals surface area contributed by atoms with Crippen molar-refractivity contribution in [1.82, 2.24) is 10.3 Å². The van der Waals surface area contributed by atoms with Crippen LogP contribution >= 0.6 is 11.6 Å². The number of rotatable bonds is 5. The van der Waals surface area contributed by atoms with E-state index < -0.39 is 25.0 Å². The largest absolute Gasteiger partial charge is 0.390 e. The molecule has 0 aromatic carbocycles.